The third-order valence-corrected chi connectivity index (χ3v) is 6.19. The second kappa shape index (κ2) is 14.1. The molecule has 0 aromatic heterocycles. The average Bonchev–Trinajstić information content (AvgIpc) is 2.92. The number of carbonyl (C=O) groups is 1. The Bertz CT molecular complexity index is 1090. The second-order valence-corrected chi connectivity index (χ2v) is 8.57. The van der Waals surface area contributed by atoms with Gasteiger partial charge in [-0.25, -0.2) is 5.48 Å². The highest BCUT2D eigenvalue weighted by molar-refractivity contribution is 5.74. The summed E-state index contributed by atoms with van der Waals surface area (Å²) < 4.78 is 17.5. The van der Waals surface area contributed by atoms with Crippen molar-refractivity contribution >= 4 is 5.91 Å². The number of benzene rings is 3. The van der Waals surface area contributed by atoms with Crippen LogP contribution in [-0.2, 0) is 17.9 Å². The van der Waals surface area contributed by atoms with Gasteiger partial charge in [-0.1, -0.05) is 55.0 Å². The molecule has 0 aliphatic carbocycles. The normalized spacial score (nSPS) is 10.7. The Balaban J connectivity index is 1.61. The first kappa shape index (κ1) is 27.0. The molecule has 0 saturated carbocycles. The van der Waals surface area contributed by atoms with Gasteiger partial charge in [-0.3, -0.25) is 10.0 Å². The summed E-state index contributed by atoms with van der Waals surface area (Å²) >= 11 is 0. The predicted octanol–water partition coefficient (Wildman–Crippen LogP) is 5.41. The van der Waals surface area contributed by atoms with Crippen molar-refractivity contribution in [2.45, 2.75) is 45.8 Å². The Morgan fingerprint density at radius 1 is 0.917 bits per heavy atom. The van der Waals surface area contributed by atoms with Crippen molar-refractivity contribution in [1.82, 2.24) is 10.8 Å². The van der Waals surface area contributed by atoms with E-state index in [1.807, 2.05) is 30.3 Å². The van der Waals surface area contributed by atoms with Crippen LogP contribution in [0.5, 0.6) is 17.2 Å². The van der Waals surface area contributed by atoms with Gasteiger partial charge in [-0.05, 0) is 48.6 Å². The molecule has 3 aromatic rings. The lowest BCUT2D eigenvalue weighted by atomic mass is 9.97. The fourth-order valence-electron chi connectivity index (χ4n) is 4.13. The Hall–Kier alpha value is -3.55. The maximum absolute atomic E-state index is 11.1. The minimum Gasteiger partial charge on any atom is -0.496 e. The maximum Gasteiger partial charge on any atom is 0.243 e. The third kappa shape index (κ3) is 7.47. The number of carbonyl (C=O) groups excluding carboxylic acids is 1. The number of methoxy groups -OCH3 is 2. The average molecular weight is 493 g/mol. The lowest BCUT2D eigenvalue weighted by Gasteiger charge is -2.17. The molecule has 7 nitrogen and oxygen atoms in total. The first-order chi connectivity index (χ1) is 17.6. The van der Waals surface area contributed by atoms with Crippen LogP contribution in [0, 0.1) is 6.92 Å². The van der Waals surface area contributed by atoms with Crippen LogP contribution in [0.4, 0.5) is 0 Å². The van der Waals surface area contributed by atoms with E-state index in [9.17, 15) is 4.79 Å². The molecule has 192 valence electrons. The molecule has 3 N–H and O–H groups in total. The molecule has 1 amide bonds. The van der Waals surface area contributed by atoms with Crippen molar-refractivity contribution in [2.75, 3.05) is 20.8 Å². The van der Waals surface area contributed by atoms with E-state index in [-0.39, 0.29) is 5.91 Å². The molecular formula is C29H36N2O5. The molecule has 0 unspecified atom stereocenters. The maximum atomic E-state index is 11.1. The summed E-state index contributed by atoms with van der Waals surface area (Å²) in [7, 11) is 3.28. The number of hydroxylamine groups is 1. The number of hydrogen-bond acceptors (Lipinski definition) is 6. The van der Waals surface area contributed by atoms with Crippen LogP contribution in [0.3, 0.4) is 0 Å². The van der Waals surface area contributed by atoms with Crippen LogP contribution < -0.4 is 25.0 Å². The van der Waals surface area contributed by atoms with Crippen molar-refractivity contribution in [3.8, 4) is 28.4 Å². The summed E-state index contributed by atoms with van der Waals surface area (Å²) in [6, 6.07) is 20.4. The Morgan fingerprint density at radius 3 is 2.31 bits per heavy atom. The van der Waals surface area contributed by atoms with Crippen LogP contribution in [0.15, 0.2) is 60.7 Å². The largest absolute Gasteiger partial charge is 0.496 e. The summed E-state index contributed by atoms with van der Waals surface area (Å²) in [6.45, 7) is 3.94. The van der Waals surface area contributed by atoms with Gasteiger partial charge < -0.3 is 19.5 Å². The van der Waals surface area contributed by atoms with Crippen molar-refractivity contribution < 1.29 is 24.2 Å². The van der Waals surface area contributed by atoms with Crippen molar-refractivity contribution in [1.29, 1.82) is 0 Å². The predicted molar refractivity (Wildman–Crippen MR) is 141 cm³/mol. The molecule has 0 heterocycles. The number of ether oxygens (including phenoxy) is 3. The minimum absolute atomic E-state index is 0.329. The SMILES string of the molecule is COc1cc(OCc2cccc(-c3ccccc3)c2C)cc(OC)c1CNCCCCCC(=O)NO. The van der Waals surface area contributed by atoms with Gasteiger partial charge in [0.1, 0.15) is 23.9 Å². The van der Waals surface area contributed by atoms with E-state index in [0.717, 1.165) is 36.9 Å². The van der Waals surface area contributed by atoms with E-state index in [4.69, 9.17) is 19.4 Å². The monoisotopic (exact) mass is 492 g/mol. The van der Waals surface area contributed by atoms with Crippen molar-refractivity contribution in [3.63, 3.8) is 0 Å². The zero-order valence-electron chi connectivity index (χ0n) is 21.3. The summed E-state index contributed by atoms with van der Waals surface area (Å²) in [5.74, 6) is 1.73. The summed E-state index contributed by atoms with van der Waals surface area (Å²) in [5.41, 5.74) is 7.28. The molecule has 0 saturated heterocycles. The van der Waals surface area contributed by atoms with Crippen LogP contribution >= 0.6 is 0 Å². The Kier molecular flexibility index (Phi) is 10.6. The van der Waals surface area contributed by atoms with Crippen LogP contribution in [0.2, 0.25) is 0 Å². The minimum atomic E-state index is -0.348. The first-order valence-corrected chi connectivity index (χ1v) is 12.2. The van der Waals surface area contributed by atoms with Gasteiger partial charge in [0.2, 0.25) is 5.91 Å². The highest BCUT2D eigenvalue weighted by Gasteiger charge is 2.14. The number of unbranched alkanes of at least 4 members (excludes halogenated alkanes) is 2. The number of rotatable bonds is 14. The molecule has 0 fully saturated rings. The molecular weight excluding hydrogens is 456 g/mol. The van der Waals surface area contributed by atoms with Crippen molar-refractivity contribution in [3.05, 3.63) is 77.4 Å². The summed E-state index contributed by atoms with van der Waals surface area (Å²) in [6.07, 6.45) is 2.88. The molecule has 3 aromatic carbocycles. The van der Waals surface area contributed by atoms with E-state index in [0.29, 0.717) is 36.8 Å². The van der Waals surface area contributed by atoms with E-state index < -0.39 is 0 Å². The topological polar surface area (TPSA) is 89.0 Å². The van der Waals surface area contributed by atoms with Gasteiger partial charge in [-0.15, -0.1) is 0 Å². The molecule has 0 spiro atoms. The zero-order valence-corrected chi connectivity index (χ0v) is 21.3. The number of hydrogen-bond donors (Lipinski definition) is 3. The summed E-state index contributed by atoms with van der Waals surface area (Å²) in [4.78, 5) is 11.1. The van der Waals surface area contributed by atoms with Gasteiger partial charge in [-0.2, -0.15) is 0 Å². The standard InChI is InChI=1S/C29H36N2O5/c1-21-23(13-10-14-25(21)22-11-6-4-7-12-22)20-36-24-17-27(34-2)26(28(18-24)35-3)19-30-16-9-5-8-15-29(32)31-33/h4,6-7,10-14,17-18,30,33H,5,8-9,15-16,19-20H2,1-3H3,(H,31,32). The van der Waals surface area contributed by atoms with E-state index in [1.54, 1.807) is 19.7 Å². The molecule has 0 aliphatic rings. The second-order valence-electron chi connectivity index (χ2n) is 8.57. The van der Waals surface area contributed by atoms with Gasteiger partial charge in [0.25, 0.3) is 0 Å². The van der Waals surface area contributed by atoms with E-state index >= 15 is 0 Å². The Morgan fingerprint density at radius 2 is 1.64 bits per heavy atom. The van der Waals surface area contributed by atoms with Crippen LogP contribution in [-0.4, -0.2) is 31.9 Å². The fraction of sp³-hybridized carbons (Fsp3) is 0.345. The van der Waals surface area contributed by atoms with Crippen molar-refractivity contribution in [2.24, 2.45) is 0 Å². The highest BCUT2D eigenvalue weighted by atomic mass is 16.5. The lowest BCUT2D eigenvalue weighted by Crippen LogP contribution is -2.18. The summed E-state index contributed by atoms with van der Waals surface area (Å²) in [5, 5.41) is 11.9. The fourth-order valence-corrected chi connectivity index (χ4v) is 4.13. The number of nitrogens with one attached hydrogen (secondary N) is 2. The quantitative estimate of drug-likeness (QED) is 0.158. The molecule has 0 aliphatic heterocycles. The van der Waals surface area contributed by atoms with Gasteiger partial charge in [0.05, 0.1) is 19.8 Å². The number of amides is 1. The van der Waals surface area contributed by atoms with Crippen LogP contribution in [0.1, 0.15) is 42.4 Å². The zero-order chi connectivity index (χ0) is 25.8. The molecule has 36 heavy (non-hydrogen) atoms. The molecule has 3 rings (SSSR count). The first-order valence-electron chi connectivity index (χ1n) is 12.2. The highest BCUT2D eigenvalue weighted by Crippen LogP contribution is 2.35. The van der Waals surface area contributed by atoms with E-state index in [2.05, 4.69) is 42.6 Å². The smallest absolute Gasteiger partial charge is 0.243 e. The third-order valence-electron chi connectivity index (χ3n) is 6.19. The molecule has 0 atom stereocenters. The molecule has 0 radical (unpaired) electrons. The van der Waals surface area contributed by atoms with Crippen LogP contribution in [0.25, 0.3) is 11.1 Å². The van der Waals surface area contributed by atoms with Gasteiger partial charge in [0, 0.05) is 25.1 Å². The Labute approximate surface area is 213 Å². The van der Waals surface area contributed by atoms with Gasteiger partial charge in [0.15, 0.2) is 0 Å². The lowest BCUT2D eigenvalue weighted by molar-refractivity contribution is -0.129. The van der Waals surface area contributed by atoms with Gasteiger partial charge >= 0.3 is 0 Å². The molecule has 7 heteroatoms. The molecule has 0 bridgehead atoms. The van der Waals surface area contributed by atoms with E-state index in [1.165, 1.54) is 16.7 Å².